The largest absolute Gasteiger partial charge is 0.494 e. The molecule has 0 unspecified atom stereocenters. The molecule has 2 heterocycles. The number of rotatable bonds is 6. The molecule has 1 aliphatic heterocycles. The van der Waals surface area contributed by atoms with Crippen molar-refractivity contribution in [3.8, 4) is 5.75 Å². The second kappa shape index (κ2) is 9.87. The van der Waals surface area contributed by atoms with Gasteiger partial charge < -0.3 is 14.2 Å². The van der Waals surface area contributed by atoms with Gasteiger partial charge in [0.2, 0.25) is 0 Å². The van der Waals surface area contributed by atoms with Crippen molar-refractivity contribution in [2.75, 3.05) is 18.6 Å². The summed E-state index contributed by atoms with van der Waals surface area (Å²) in [4.78, 5) is 16.8. The number of hydrogen-bond donors (Lipinski definition) is 0. The Hall–Kier alpha value is -3.49. The zero-order valence-electron chi connectivity index (χ0n) is 19.7. The summed E-state index contributed by atoms with van der Waals surface area (Å²) in [5.41, 5.74) is 3.50. The van der Waals surface area contributed by atoms with Gasteiger partial charge in [-0.3, -0.25) is 9.69 Å². The Morgan fingerprint density at radius 2 is 1.83 bits per heavy atom. The minimum absolute atomic E-state index is 0.211. The average Bonchev–Trinajstić information content (AvgIpc) is 3.30. The minimum atomic E-state index is -0.251. The van der Waals surface area contributed by atoms with Gasteiger partial charge in [-0.05, 0) is 73.7 Å². The lowest BCUT2D eigenvalue weighted by molar-refractivity contribution is -0.114. The van der Waals surface area contributed by atoms with Crippen molar-refractivity contribution >= 4 is 61.8 Å². The van der Waals surface area contributed by atoms with Crippen LogP contribution < -0.4 is 9.64 Å². The van der Waals surface area contributed by atoms with E-state index in [1.54, 1.807) is 24.1 Å². The van der Waals surface area contributed by atoms with E-state index in [-0.39, 0.29) is 11.7 Å². The number of carbonyl (C=O) groups is 1. The number of amides is 1. The van der Waals surface area contributed by atoms with Gasteiger partial charge in [-0.15, -0.1) is 0 Å². The molecule has 1 aromatic heterocycles. The van der Waals surface area contributed by atoms with Crippen LogP contribution in [0, 0.1) is 5.82 Å². The molecule has 5 rings (SSSR count). The van der Waals surface area contributed by atoms with E-state index in [0.29, 0.717) is 35.2 Å². The lowest BCUT2D eigenvalue weighted by atomic mass is 10.1. The van der Waals surface area contributed by atoms with Crippen molar-refractivity contribution < 1.29 is 13.9 Å². The molecule has 1 amide bonds. The second-order valence-corrected chi connectivity index (χ2v) is 9.68. The van der Waals surface area contributed by atoms with E-state index >= 15 is 0 Å². The zero-order valence-corrected chi connectivity index (χ0v) is 22.1. The van der Waals surface area contributed by atoms with Crippen LogP contribution in [-0.4, -0.2) is 34.1 Å². The Labute approximate surface area is 222 Å². The van der Waals surface area contributed by atoms with Crippen LogP contribution in [0.4, 0.5) is 10.1 Å². The van der Waals surface area contributed by atoms with Crippen LogP contribution >= 0.6 is 28.1 Å². The van der Waals surface area contributed by atoms with Gasteiger partial charge in [0, 0.05) is 39.7 Å². The lowest BCUT2D eigenvalue weighted by Gasteiger charge is -2.16. The fourth-order valence-corrected chi connectivity index (χ4v) is 4.99. The Kier molecular flexibility index (Phi) is 6.64. The summed E-state index contributed by atoms with van der Waals surface area (Å²) in [6.07, 6.45) is 3.79. The first-order valence-corrected chi connectivity index (χ1v) is 12.7. The molecule has 4 aromatic rings. The molecule has 0 radical (unpaired) electrons. The summed E-state index contributed by atoms with van der Waals surface area (Å²) in [6, 6.07) is 20.0. The number of halogens is 2. The maximum atomic E-state index is 14.4. The molecular weight excluding hydrogens is 541 g/mol. The number of hydrogen-bond acceptors (Lipinski definition) is 3. The van der Waals surface area contributed by atoms with Crippen LogP contribution in [0.15, 0.2) is 83.1 Å². The van der Waals surface area contributed by atoms with E-state index in [9.17, 15) is 9.18 Å². The maximum Gasteiger partial charge on any atom is 0.281 e. The maximum absolute atomic E-state index is 14.4. The number of anilines is 1. The molecule has 0 aliphatic carbocycles. The van der Waals surface area contributed by atoms with Crippen LogP contribution in [0.5, 0.6) is 5.75 Å². The SMILES string of the molecule is CCOc1ccc(N2C(=O)/C(=C/c3cn(Cc4ccccc4F)c4ccc(Br)cc34)N(C)C2=S)cc1. The number of ether oxygens (including phenoxy) is 1. The number of benzene rings is 3. The number of nitrogens with zero attached hydrogens (tertiary/aromatic N) is 3. The predicted octanol–water partition coefficient (Wildman–Crippen LogP) is 6.59. The molecule has 1 saturated heterocycles. The van der Waals surface area contributed by atoms with Crippen LogP contribution in [-0.2, 0) is 11.3 Å². The van der Waals surface area contributed by atoms with Crippen LogP contribution in [0.3, 0.4) is 0 Å². The molecule has 3 aromatic carbocycles. The highest BCUT2D eigenvalue weighted by Crippen LogP contribution is 2.32. The van der Waals surface area contributed by atoms with Crippen molar-refractivity contribution in [3.63, 3.8) is 0 Å². The summed E-state index contributed by atoms with van der Waals surface area (Å²) in [7, 11) is 1.79. The predicted molar refractivity (Wildman–Crippen MR) is 149 cm³/mol. The molecule has 8 heteroatoms. The topological polar surface area (TPSA) is 37.7 Å². The third kappa shape index (κ3) is 4.42. The first-order valence-electron chi connectivity index (χ1n) is 11.5. The normalized spacial score (nSPS) is 14.9. The molecule has 36 heavy (non-hydrogen) atoms. The third-order valence-electron chi connectivity index (χ3n) is 6.13. The monoisotopic (exact) mass is 563 g/mol. The van der Waals surface area contributed by atoms with Crippen molar-refractivity contribution in [1.82, 2.24) is 9.47 Å². The van der Waals surface area contributed by atoms with Gasteiger partial charge in [-0.25, -0.2) is 4.39 Å². The van der Waals surface area contributed by atoms with Gasteiger partial charge in [0.1, 0.15) is 17.3 Å². The summed E-state index contributed by atoms with van der Waals surface area (Å²) >= 11 is 9.18. The van der Waals surface area contributed by atoms with Gasteiger partial charge in [0.05, 0.1) is 18.8 Å². The summed E-state index contributed by atoms with van der Waals surface area (Å²) in [6.45, 7) is 2.86. The number of fused-ring (bicyclic) bond motifs is 1. The fraction of sp³-hybridized carbons (Fsp3) is 0.143. The summed E-state index contributed by atoms with van der Waals surface area (Å²) < 4.78 is 22.8. The first-order chi connectivity index (χ1) is 17.4. The molecule has 5 nitrogen and oxygen atoms in total. The zero-order chi connectivity index (χ0) is 25.4. The standard InChI is InChI=1S/C28H23BrFN3O2S/c1-3-35-22-11-9-21(10-12-22)33-27(34)26(31(2)28(33)36)14-19-17-32(16-18-6-4-5-7-24(18)30)25-13-8-20(29)15-23(19)25/h4-15,17H,3,16H2,1-2H3/b26-14-. The van der Waals surface area contributed by atoms with E-state index in [0.717, 1.165) is 26.7 Å². The van der Waals surface area contributed by atoms with E-state index in [1.807, 2.05) is 72.3 Å². The lowest BCUT2D eigenvalue weighted by Crippen LogP contribution is -2.31. The highest BCUT2D eigenvalue weighted by Gasteiger charge is 2.37. The smallest absolute Gasteiger partial charge is 0.281 e. The summed E-state index contributed by atoms with van der Waals surface area (Å²) in [5, 5.41) is 1.34. The highest BCUT2D eigenvalue weighted by molar-refractivity contribution is 9.10. The van der Waals surface area contributed by atoms with Gasteiger partial charge in [0.15, 0.2) is 5.11 Å². The number of aromatic nitrogens is 1. The average molecular weight is 564 g/mol. The van der Waals surface area contributed by atoms with Gasteiger partial charge in [-0.2, -0.15) is 0 Å². The molecule has 1 aliphatic rings. The van der Waals surface area contributed by atoms with Crippen molar-refractivity contribution in [2.45, 2.75) is 13.5 Å². The third-order valence-corrected chi connectivity index (χ3v) is 7.08. The Morgan fingerprint density at radius 1 is 1.08 bits per heavy atom. The highest BCUT2D eigenvalue weighted by atomic mass is 79.9. The molecule has 0 spiro atoms. The first kappa shape index (κ1) is 24.2. The van der Waals surface area contributed by atoms with E-state index < -0.39 is 0 Å². The van der Waals surface area contributed by atoms with Crippen molar-refractivity contribution in [2.24, 2.45) is 0 Å². The molecule has 182 valence electrons. The molecule has 0 N–H and O–H groups in total. The fourth-order valence-electron chi connectivity index (χ4n) is 4.34. The minimum Gasteiger partial charge on any atom is -0.494 e. The van der Waals surface area contributed by atoms with Crippen LogP contribution in [0.25, 0.3) is 17.0 Å². The Morgan fingerprint density at radius 3 is 2.56 bits per heavy atom. The molecule has 0 atom stereocenters. The summed E-state index contributed by atoms with van der Waals surface area (Å²) in [5.74, 6) is 0.270. The molecular formula is C28H23BrFN3O2S. The van der Waals surface area contributed by atoms with Crippen molar-refractivity contribution in [3.05, 3.63) is 100 Å². The number of carbonyl (C=O) groups excluding carboxylic acids is 1. The quantitative estimate of drug-likeness (QED) is 0.196. The van der Waals surface area contributed by atoms with Gasteiger partial charge in [0.25, 0.3) is 5.91 Å². The molecule has 1 fully saturated rings. The number of likely N-dealkylation sites (N-methyl/N-ethyl adjacent to an activating group) is 1. The van der Waals surface area contributed by atoms with Crippen LogP contribution in [0.2, 0.25) is 0 Å². The van der Waals surface area contributed by atoms with E-state index in [4.69, 9.17) is 17.0 Å². The number of thiocarbonyl (C=S) groups is 1. The second-order valence-electron chi connectivity index (χ2n) is 8.40. The van der Waals surface area contributed by atoms with Crippen LogP contribution in [0.1, 0.15) is 18.1 Å². The van der Waals surface area contributed by atoms with E-state index in [1.165, 1.54) is 11.0 Å². The van der Waals surface area contributed by atoms with Gasteiger partial charge >= 0.3 is 0 Å². The Balaban J connectivity index is 1.54. The van der Waals surface area contributed by atoms with Gasteiger partial charge in [-0.1, -0.05) is 34.1 Å². The van der Waals surface area contributed by atoms with E-state index in [2.05, 4.69) is 15.9 Å². The Bertz CT molecular complexity index is 1510. The van der Waals surface area contributed by atoms with Crippen molar-refractivity contribution in [1.29, 1.82) is 0 Å². The molecule has 0 saturated carbocycles. The molecule has 0 bridgehead atoms.